The predicted octanol–water partition coefficient (Wildman–Crippen LogP) is 0.885. The zero-order valence-corrected chi connectivity index (χ0v) is 7.30. The largest absolute Gasteiger partial charge is 0.460 e. The van der Waals surface area contributed by atoms with Crippen molar-refractivity contribution in [2.75, 3.05) is 6.61 Å². The first-order valence-electron chi connectivity index (χ1n) is 4.16. The van der Waals surface area contributed by atoms with E-state index in [2.05, 4.69) is 5.10 Å². The van der Waals surface area contributed by atoms with E-state index in [9.17, 15) is 4.79 Å². The van der Waals surface area contributed by atoms with E-state index in [1.807, 2.05) is 19.1 Å². The van der Waals surface area contributed by atoms with Gasteiger partial charge in [-0.3, -0.25) is 0 Å². The zero-order chi connectivity index (χ0) is 9.26. The summed E-state index contributed by atoms with van der Waals surface area (Å²) in [4.78, 5) is 11.1. The van der Waals surface area contributed by atoms with Gasteiger partial charge in [-0.2, -0.15) is 5.10 Å². The van der Waals surface area contributed by atoms with Gasteiger partial charge in [0.25, 0.3) is 0 Å². The molecule has 1 aromatic heterocycles. The number of nitrogens with zero attached hydrogens (tertiary/aromatic N) is 2. The van der Waals surface area contributed by atoms with Crippen molar-refractivity contribution in [2.24, 2.45) is 11.0 Å². The fraction of sp³-hybridized carbons (Fsp3) is 0.333. The molecule has 0 bridgehead atoms. The van der Waals surface area contributed by atoms with Crippen LogP contribution in [0.25, 0.3) is 0 Å². The number of rotatable bonds is 1. The topological polar surface area (TPSA) is 43.6 Å². The average Bonchev–Trinajstić information content (AvgIpc) is 2.70. The Morgan fingerprint density at radius 1 is 1.54 bits per heavy atom. The van der Waals surface area contributed by atoms with Gasteiger partial charge in [0.1, 0.15) is 6.61 Å². The maximum absolute atomic E-state index is 11.1. The third-order valence-corrected chi connectivity index (χ3v) is 1.95. The van der Waals surface area contributed by atoms with Gasteiger partial charge in [-0.25, -0.2) is 9.47 Å². The van der Waals surface area contributed by atoms with Crippen LogP contribution in [0.3, 0.4) is 0 Å². The van der Waals surface area contributed by atoms with Gasteiger partial charge >= 0.3 is 5.97 Å². The molecule has 1 unspecified atom stereocenters. The Kier molecular flexibility index (Phi) is 1.88. The van der Waals surface area contributed by atoms with Gasteiger partial charge in [-0.05, 0) is 12.1 Å². The molecule has 1 atom stereocenters. The third kappa shape index (κ3) is 1.47. The van der Waals surface area contributed by atoms with Gasteiger partial charge in [0, 0.05) is 18.3 Å². The maximum atomic E-state index is 11.1. The average molecular weight is 178 g/mol. The number of hydrogen-bond donors (Lipinski definition) is 0. The van der Waals surface area contributed by atoms with E-state index in [4.69, 9.17) is 4.74 Å². The molecular formula is C9H10N2O2. The lowest BCUT2D eigenvalue weighted by molar-refractivity contribution is -0.133. The molecule has 4 heteroatoms. The van der Waals surface area contributed by atoms with Gasteiger partial charge in [0.15, 0.2) is 5.71 Å². The van der Waals surface area contributed by atoms with Crippen LogP contribution in [0.15, 0.2) is 29.6 Å². The third-order valence-electron chi connectivity index (χ3n) is 1.95. The van der Waals surface area contributed by atoms with Gasteiger partial charge in [-0.15, -0.1) is 0 Å². The number of aromatic nitrogens is 1. The standard InChI is InChI=1S/C9H10N2O2/c1-7-6-13-9(12)8(7)10-11-4-2-3-5-11/h2-5,7H,6H2,1H3/b10-8-. The minimum absolute atomic E-state index is 0.0925. The van der Waals surface area contributed by atoms with E-state index >= 15 is 0 Å². The molecule has 0 spiro atoms. The lowest BCUT2D eigenvalue weighted by Gasteiger charge is -1.97. The number of esters is 1. The molecule has 0 saturated carbocycles. The second-order valence-corrected chi connectivity index (χ2v) is 3.05. The highest BCUT2D eigenvalue weighted by molar-refractivity contribution is 6.38. The van der Waals surface area contributed by atoms with Crippen LogP contribution in [0.5, 0.6) is 0 Å². The van der Waals surface area contributed by atoms with Crippen LogP contribution >= 0.6 is 0 Å². The highest BCUT2D eigenvalue weighted by Crippen LogP contribution is 2.11. The lowest BCUT2D eigenvalue weighted by atomic mass is 10.1. The summed E-state index contributed by atoms with van der Waals surface area (Å²) >= 11 is 0. The molecule has 1 saturated heterocycles. The number of carbonyl (C=O) groups excluding carboxylic acids is 1. The Labute approximate surface area is 75.8 Å². The monoisotopic (exact) mass is 178 g/mol. The number of ether oxygens (including phenoxy) is 1. The van der Waals surface area contributed by atoms with Crippen molar-refractivity contribution in [3.05, 3.63) is 24.5 Å². The molecule has 0 N–H and O–H groups in total. The Bertz CT molecular complexity index is 341. The Morgan fingerprint density at radius 3 is 2.77 bits per heavy atom. The predicted molar refractivity (Wildman–Crippen MR) is 47.4 cm³/mol. The highest BCUT2D eigenvalue weighted by Gasteiger charge is 2.29. The summed E-state index contributed by atoms with van der Waals surface area (Å²) in [5.74, 6) is -0.212. The fourth-order valence-corrected chi connectivity index (χ4v) is 1.21. The molecule has 68 valence electrons. The van der Waals surface area contributed by atoms with Crippen LogP contribution in [0.1, 0.15) is 6.92 Å². The van der Waals surface area contributed by atoms with E-state index < -0.39 is 0 Å². The maximum Gasteiger partial charge on any atom is 0.354 e. The summed E-state index contributed by atoms with van der Waals surface area (Å²) in [5, 5.41) is 4.14. The summed E-state index contributed by atoms with van der Waals surface area (Å²) in [6.45, 7) is 2.37. The first-order valence-corrected chi connectivity index (χ1v) is 4.16. The smallest absolute Gasteiger partial charge is 0.354 e. The van der Waals surface area contributed by atoms with Gasteiger partial charge in [-0.1, -0.05) is 6.92 Å². The van der Waals surface area contributed by atoms with E-state index in [1.165, 1.54) is 0 Å². The molecule has 0 aliphatic carbocycles. The first-order chi connectivity index (χ1) is 6.27. The Hall–Kier alpha value is -1.58. The Balaban J connectivity index is 2.29. The lowest BCUT2D eigenvalue weighted by Crippen LogP contribution is -2.14. The second kappa shape index (κ2) is 3.05. The summed E-state index contributed by atoms with van der Waals surface area (Å²) < 4.78 is 6.45. The van der Waals surface area contributed by atoms with E-state index in [-0.39, 0.29) is 11.9 Å². The van der Waals surface area contributed by atoms with Gasteiger partial charge in [0.05, 0.1) is 0 Å². The first kappa shape index (κ1) is 8.04. The summed E-state index contributed by atoms with van der Waals surface area (Å²) in [5.41, 5.74) is 0.496. The van der Waals surface area contributed by atoms with Crippen LogP contribution in [0, 0.1) is 5.92 Å². The highest BCUT2D eigenvalue weighted by atomic mass is 16.5. The van der Waals surface area contributed by atoms with Crippen LogP contribution in [0.2, 0.25) is 0 Å². The second-order valence-electron chi connectivity index (χ2n) is 3.05. The molecule has 1 aliphatic heterocycles. The van der Waals surface area contributed by atoms with Crippen molar-refractivity contribution in [1.29, 1.82) is 0 Å². The number of cyclic esters (lactones) is 1. The molecule has 2 heterocycles. The zero-order valence-electron chi connectivity index (χ0n) is 7.30. The van der Waals surface area contributed by atoms with Crippen molar-refractivity contribution < 1.29 is 9.53 Å². The fourth-order valence-electron chi connectivity index (χ4n) is 1.21. The normalized spacial score (nSPS) is 25.2. The molecule has 1 fully saturated rings. The minimum Gasteiger partial charge on any atom is -0.460 e. The van der Waals surface area contributed by atoms with Crippen LogP contribution in [-0.2, 0) is 9.53 Å². The molecule has 0 aromatic carbocycles. The molecule has 2 rings (SSSR count). The molecule has 0 amide bonds. The molecule has 0 radical (unpaired) electrons. The van der Waals surface area contributed by atoms with Gasteiger partial charge < -0.3 is 4.74 Å². The van der Waals surface area contributed by atoms with Crippen molar-refractivity contribution >= 4 is 11.7 Å². The van der Waals surface area contributed by atoms with Crippen molar-refractivity contribution in [2.45, 2.75) is 6.92 Å². The van der Waals surface area contributed by atoms with Gasteiger partial charge in [0.2, 0.25) is 0 Å². The van der Waals surface area contributed by atoms with E-state index in [0.29, 0.717) is 12.3 Å². The number of hydrogen-bond acceptors (Lipinski definition) is 3. The van der Waals surface area contributed by atoms with Crippen molar-refractivity contribution in [3.63, 3.8) is 0 Å². The van der Waals surface area contributed by atoms with Crippen LogP contribution in [-0.4, -0.2) is 23.0 Å². The summed E-state index contributed by atoms with van der Waals surface area (Å²) in [7, 11) is 0. The molecule has 1 aromatic rings. The van der Waals surface area contributed by atoms with E-state index in [1.54, 1.807) is 17.1 Å². The summed E-state index contributed by atoms with van der Waals surface area (Å²) in [6.07, 6.45) is 3.57. The minimum atomic E-state index is -0.304. The molecular weight excluding hydrogens is 168 g/mol. The molecule has 4 nitrogen and oxygen atoms in total. The van der Waals surface area contributed by atoms with E-state index in [0.717, 1.165) is 0 Å². The number of carbonyl (C=O) groups is 1. The van der Waals surface area contributed by atoms with Crippen molar-refractivity contribution in [1.82, 2.24) is 4.68 Å². The molecule has 1 aliphatic rings. The Morgan fingerprint density at radius 2 is 2.23 bits per heavy atom. The van der Waals surface area contributed by atoms with Crippen LogP contribution in [0.4, 0.5) is 0 Å². The van der Waals surface area contributed by atoms with Crippen molar-refractivity contribution in [3.8, 4) is 0 Å². The molecule has 13 heavy (non-hydrogen) atoms. The summed E-state index contributed by atoms with van der Waals surface area (Å²) in [6, 6.07) is 3.71. The SMILES string of the molecule is CC1COC(=O)/C1=N\n1cccc1. The van der Waals surface area contributed by atoms with Crippen LogP contribution < -0.4 is 0 Å². The quantitative estimate of drug-likeness (QED) is 0.599.